The summed E-state index contributed by atoms with van der Waals surface area (Å²) in [6, 6.07) is 12.7. The lowest BCUT2D eigenvalue weighted by Gasteiger charge is -2.18. The molecule has 0 heterocycles. The zero-order chi connectivity index (χ0) is 14.7. The van der Waals surface area contributed by atoms with Crippen LogP contribution < -0.4 is 5.32 Å². The zero-order valence-corrected chi connectivity index (χ0v) is 12.1. The summed E-state index contributed by atoms with van der Waals surface area (Å²) in [5.74, 6) is -0.918. The highest BCUT2D eigenvalue weighted by Gasteiger charge is 2.11. The van der Waals surface area contributed by atoms with Crippen LogP contribution in [0.3, 0.4) is 0 Å². The molecule has 2 rings (SSSR count). The minimum atomic E-state index is -0.918. The first-order valence-electron chi connectivity index (χ1n) is 6.34. The first kappa shape index (κ1) is 14.4. The number of hydrogen-bond donors (Lipinski definition) is 2. The predicted octanol–water partition coefficient (Wildman–Crippen LogP) is 4.52. The van der Waals surface area contributed by atoms with Crippen LogP contribution in [0.1, 0.15) is 34.5 Å². The van der Waals surface area contributed by atoms with Gasteiger partial charge in [0.25, 0.3) is 0 Å². The molecule has 0 spiro atoms. The van der Waals surface area contributed by atoms with E-state index in [1.807, 2.05) is 38.1 Å². The van der Waals surface area contributed by atoms with E-state index in [2.05, 4.69) is 5.32 Å². The molecule has 1 unspecified atom stereocenters. The zero-order valence-electron chi connectivity index (χ0n) is 11.4. The summed E-state index contributed by atoms with van der Waals surface area (Å²) < 4.78 is 0. The van der Waals surface area contributed by atoms with Gasteiger partial charge in [0.2, 0.25) is 0 Å². The lowest BCUT2D eigenvalue weighted by Crippen LogP contribution is -2.09. The predicted molar refractivity (Wildman–Crippen MR) is 81.6 cm³/mol. The normalized spacial score (nSPS) is 11.9. The van der Waals surface area contributed by atoms with Crippen molar-refractivity contribution in [2.45, 2.75) is 19.9 Å². The molecule has 0 saturated heterocycles. The van der Waals surface area contributed by atoms with E-state index < -0.39 is 5.97 Å². The summed E-state index contributed by atoms with van der Waals surface area (Å²) in [6.45, 7) is 3.90. The van der Waals surface area contributed by atoms with Crippen molar-refractivity contribution in [3.05, 3.63) is 64.2 Å². The molecule has 0 aromatic heterocycles. The van der Waals surface area contributed by atoms with Gasteiger partial charge in [0.1, 0.15) is 0 Å². The van der Waals surface area contributed by atoms with Crippen LogP contribution in [0, 0.1) is 6.92 Å². The van der Waals surface area contributed by atoms with Crippen molar-refractivity contribution in [1.82, 2.24) is 0 Å². The number of hydrogen-bond acceptors (Lipinski definition) is 2. The molecule has 4 heteroatoms. The molecule has 0 aliphatic carbocycles. The Morgan fingerprint density at radius 2 is 1.95 bits per heavy atom. The van der Waals surface area contributed by atoms with Crippen LogP contribution in [0.2, 0.25) is 5.02 Å². The molecule has 0 bridgehead atoms. The van der Waals surface area contributed by atoms with Crippen LogP contribution in [0.15, 0.2) is 42.5 Å². The smallest absolute Gasteiger partial charge is 0.335 e. The number of aromatic carboxylic acids is 1. The minimum absolute atomic E-state index is 0.0399. The minimum Gasteiger partial charge on any atom is -0.478 e. The molecule has 2 aromatic rings. The van der Waals surface area contributed by atoms with E-state index in [-0.39, 0.29) is 6.04 Å². The molecule has 0 aliphatic heterocycles. The van der Waals surface area contributed by atoms with Crippen molar-refractivity contribution in [3.8, 4) is 0 Å². The van der Waals surface area contributed by atoms with Gasteiger partial charge in [-0.05, 0) is 49.2 Å². The van der Waals surface area contributed by atoms with Gasteiger partial charge in [0, 0.05) is 16.8 Å². The van der Waals surface area contributed by atoms with Crippen LogP contribution in [-0.4, -0.2) is 11.1 Å². The first-order valence-corrected chi connectivity index (χ1v) is 6.71. The number of benzene rings is 2. The molecule has 0 saturated carbocycles. The highest BCUT2D eigenvalue weighted by molar-refractivity contribution is 6.31. The molecular formula is C16H16ClNO2. The quantitative estimate of drug-likeness (QED) is 0.870. The highest BCUT2D eigenvalue weighted by atomic mass is 35.5. The number of nitrogens with one attached hydrogen (secondary N) is 1. The van der Waals surface area contributed by atoms with Gasteiger partial charge in [-0.25, -0.2) is 4.79 Å². The van der Waals surface area contributed by atoms with E-state index in [0.29, 0.717) is 10.6 Å². The number of carboxylic acids is 1. The van der Waals surface area contributed by atoms with E-state index in [4.69, 9.17) is 16.7 Å². The van der Waals surface area contributed by atoms with Crippen LogP contribution in [0.25, 0.3) is 0 Å². The van der Waals surface area contributed by atoms with E-state index >= 15 is 0 Å². The summed E-state index contributed by atoms with van der Waals surface area (Å²) in [5, 5.41) is 13.0. The van der Waals surface area contributed by atoms with Crippen LogP contribution in [0.4, 0.5) is 5.69 Å². The van der Waals surface area contributed by atoms with Gasteiger partial charge in [0.15, 0.2) is 0 Å². The van der Waals surface area contributed by atoms with Crippen LogP contribution in [0.5, 0.6) is 0 Å². The highest BCUT2D eigenvalue weighted by Crippen LogP contribution is 2.27. The van der Waals surface area contributed by atoms with Crippen LogP contribution in [-0.2, 0) is 0 Å². The van der Waals surface area contributed by atoms with E-state index in [0.717, 1.165) is 16.8 Å². The summed E-state index contributed by atoms with van der Waals surface area (Å²) in [5.41, 5.74) is 3.10. The third kappa shape index (κ3) is 3.11. The lowest BCUT2D eigenvalue weighted by atomic mass is 10.1. The van der Waals surface area contributed by atoms with Crippen molar-refractivity contribution < 1.29 is 9.90 Å². The molecule has 0 amide bonds. The Morgan fingerprint density at radius 3 is 2.55 bits per heavy atom. The third-order valence-electron chi connectivity index (χ3n) is 3.22. The SMILES string of the molecule is Cc1cc(C(=O)O)ccc1NC(C)c1ccccc1Cl. The van der Waals surface area contributed by atoms with Crippen molar-refractivity contribution in [2.24, 2.45) is 0 Å². The number of anilines is 1. The Hall–Kier alpha value is -2.00. The average Bonchev–Trinajstić information content (AvgIpc) is 2.41. The first-order chi connectivity index (χ1) is 9.49. The Bertz CT molecular complexity index is 640. The fourth-order valence-electron chi connectivity index (χ4n) is 2.10. The maximum atomic E-state index is 10.9. The average molecular weight is 290 g/mol. The molecule has 20 heavy (non-hydrogen) atoms. The van der Waals surface area contributed by atoms with Gasteiger partial charge in [-0.2, -0.15) is 0 Å². The Labute approximate surface area is 123 Å². The fourth-order valence-corrected chi connectivity index (χ4v) is 2.40. The number of carbonyl (C=O) groups is 1. The number of carboxylic acid groups (broad SMARTS) is 1. The monoisotopic (exact) mass is 289 g/mol. The maximum Gasteiger partial charge on any atom is 0.335 e. The second kappa shape index (κ2) is 5.97. The molecular weight excluding hydrogens is 274 g/mol. The molecule has 0 fully saturated rings. The summed E-state index contributed by atoms with van der Waals surface area (Å²) >= 11 is 6.17. The van der Waals surface area contributed by atoms with E-state index in [1.54, 1.807) is 18.2 Å². The lowest BCUT2D eigenvalue weighted by molar-refractivity contribution is 0.0697. The molecule has 1 atom stereocenters. The molecule has 0 aliphatic rings. The molecule has 2 N–H and O–H groups in total. The summed E-state index contributed by atoms with van der Waals surface area (Å²) in [7, 11) is 0. The molecule has 104 valence electrons. The standard InChI is InChI=1S/C16H16ClNO2/c1-10-9-12(16(19)20)7-8-15(10)18-11(2)13-5-3-4-6-14(13)17/h3-9,11,18H,1-2H3,(H,19,20). The van der Waals surface area contributed by atoms with Gasteiger partial charge >= 0.3 is 5.97 Å². The van der Waals surface area contributed by atoms with Gasteiger partial charge in [-0.3, -0.25) is 0 Å². The topological polar surface area (TPSA) is 49.3 Å². The number of halogens is 1. The van der Waals surface area contributed by atoms with Crippen molar-refractivity contribution in [1.29, 1.82) is 0 Å². The number of aryl methyl sites for hydroxylation is 1. The van der Waals surface area contributed by atoms with Gasteiger partial charge in [-0.15, -0.1) is 0 Å². The Kier molecular flexibility index (Phi) is 4.30. The Balaban J connectivity index is 2.22. The van der Waals surface area contributed by atoms with Crippen LogP contribution >= 0.6 is 11.6 Å². The molecule has 0 radical (unpaired) electrons. The second-order valence-corrected chi connectivity index (χ2v) is 5.13. The van der Waals surface area contributed by atoms with Gasteiger partial charge in [-0.1, -0.05) is 29.8 Å². The second-order valence-electron chi connectivity index (χ2n) is 4.72. The van der Waals surface area contributed by atoms with Gasteiger partial charge < -0.3 is 10.4 Å². The van der Waals surface area contributed by atoms with Gasteiger partial charge in [0.05, 0.1) is 5.56 Å². The third-order valence-corrected chi connectivity index (χ3v) is 3.56. The number of rotatable bonds is 4. The largest absolute Gasteiger partial charge is 0.478 e. The fraction of sp³-hybridized carbons (Fsp3) is 0.188. The molecule has 3 nitrogen and oxygen atoms in total. The summed E-state index contributed by atoms with van der Waals surface area (Å²) in [4.78, 5) is 10.9. The van der Waals surface area contributed by atoms with E-state index in [1.165, 1.54) is 0 Å². The van der Waals surface area contributed by atoms with Crippen molar-refractivity contribution in [2.75, 3.05) is 5.32 Å². The van der Waals surface area contributed by atoms with Crippen molar-refractivity contribution in [3.63, 3.8) is 0 Å². The summed E-state index contributed by atoms with van der Waals surface area (Å²) in [6.07, 6.45) is 0. The van der Waals surface area contributed by atoms with Crippen molar-refractivity contribution >= 4 is 23.3 Å². The Morgan fingerprint density at radius 1 is 1.25 bits per heavy atom. The van der Waals surface area contributed by atoms with E-state index in [9.17, 15) is 4.79 Å². The maximum absolute atomic E-state index is 10.9. The molecule has 2 aromatic carbocycles.